The summed E-state index contributed by atoms with van der Waals surface area (Å²) in [6.45, 7) is 1.37. The minimum absolute atomic E-state index is 0.133. The van der Waals surface area contributed by atoms with Crippen molar-refractivity contribution >= 4 is 15.7 Å². The van der Waals surface area contributed by atoms with E-state index < -0.39 is 20.6 Å². The minimum atomic E-state index is -3.98. The van der Waals surface area contributed by atoms with Gasteiger partial charge in [0, 0.05) is 6.07 Å². The fourth-order valence-electron chi connectivity index (χ4n) is 1.22. The Kier molecular flexibility index (Phi) is 2.93. The maximum Gasteiger partial charge on any atom is 0.287 e. The lowest BCUT2D eigenvalue weighted by atomic mass is 10.1. The molecule has 0 heterocycles. The molecule has 16 heavy (non-hydrogen) atoms. The van der Waals surface area contributed by atoms with Crippen LogP contribution in [0, 0.1) is 28.4 Å². The third-order valence-electron chi connectivity index (χ3n) is 1.92. The summed E-state index contributed by atoms with van der Waals surface area (Å²) < 4.78 is 22.2. The highest BCUT2D eigenvalue weighted by Gasteiger charge is 2.20. The van der Waals surface area contributed by atoms with Crippen LogP contribution in [0.5, 0.6) is 0 Å². The number of hydrogen-bond donors (Lipinski definition) is 1. The zero-order chi connectivity index (χ0) is 12.5. The second-order valence-corrected chi connectivity index (χ2v) is 4.58. The normalized spacial score (nSPS) is 10.8. The first-order valence-electron chi connectivity index (χ1n) is 3.99. The standard InChI is InChI=1S/C8H7N3O4S/c1-5-2-7(11(12)13)6(4-9)3-8(5)16(10,14)15/h2-3H,1H3,(H2,10,14,15). The molecule has 0 aliphatic heterocycles. The lowest BCUT2D eigenvalue weighted by Gasteiger charge is -2.03. The molecule has 0 aliphatic rings. The molecule has 2 N–H and O–H groups in total. The van der Waals surface area contributed by atoms with Gasteiger partial charge in [-0.15, -0.1) is 0 Å². The summed E-state index contributed by atoms with van der Waals surface area (Å²) in [6, 6.07) is 3.47. The summed E-state index contributed by atoms with van der Waals surface area (Å²) in [5.41, 5.74) is -0.639. The van der Waals surface area contributed by atoms with Gasteiger partial charge in [-0.05, 0) is 18.6 Å². The Balaban J connectivity index is 3.64. The number of nitrogens with two attached hydrogens (primary N) is 1. The number of nitro benzene ring substituents is 1. The number of aryl methyl sites for hydroxylation is 1. The number of benzene rings is 1. The fraction of sp³-hybridized carbons (Fsp3) is 0.125. The van der Waals surface area contributed by atoms with Gasteiger partial charge in [-0.2, -0.15) is 5.26 Å². The van der Waals surface area contributed by atoms with Gasteiger partial charge < -0.3 is 0 Å². The van der Waals surface area contributed by atoms with Gasteiger partial charge in [-0.25, -0.2) is 13.6 Å². The van der Waals surface area contributed by atoms with Crippen molar-refractivity contribution < 1.29 is 13.3 Å². The maximum absolute atomic E-state index is 11.1. The van der Waals surface area contributed by atoms with Crippen LogP contribution >= 0.6 is 0 Å². The van der Waals surface area contributed by atoms with E-state index in [0.717, 1.165) is 12.1 Å². The first-order valence-corrected chi connectivity index (χ1v) is 5.54. The lowest BCUT2D eigenvalue weighted by molar-refractivity contribution is -0.385. The first-order chi connectivity index (χ1) is 7.27. The molecule has 0 aliphatic carbocycles. The average molecular weight is 241 g/mol. The molecule has 0 radical (unpaired) electrons. The molecule has 0 atom stereocenters. The molecule has 1 aromatic rings. The van der Waals surface area contributed by atoms with Crippen molar-refractivity contribution in [2.75, 3.05) is 0 Å². The van der Waals surface area contributed by atoms with Crippen LogP contribution in [0.2, 0.25) is 0 Å². The second-order valence-electron chi connectivity index (χ2n) is 3.05. The number of nitro groups is 1. The van der Waals surface area contributed by atoms with E-state index in [4.69, 9.17) is 10.4 Å². The quantitative estimate of drug-likeness (QED) is 0.592. The van der Waals surface area contributed by atoms with Crippen LogP contribution < -0.4 is 5.14 Å². The highest BCUT2D eigenvalue weighted by molar-refractivity contribution is 7.89. The molecule has 0 spiro atoms. The molecule has 0 fully saturated rings. The Labute approximate surface area is 91.3 Å². The van der Waals surface area contributed by atoms with Crippen molar-refractivity contribution in [3.63, 3.8) is 0 Å². The predicted octanol–water partition coefficient (Wildman–Crippen LogP) is 0.422. The van der Waals surface area contributed by atoms with E-state index in [2.05, 4.69) is 0 Å². The molecular formula is C8H7N3O4S. The van der Waals surface area contributed by atoms with Crippen LogP contribution in [-0.4, -0.2) is 13.3 Å². The molecule has 0 aromatic heterocycles. The number of nitrogens with zero attached hydrogens (tertiary/aromatic N) is 2. The van der Waals surface area contributed by atoms with Gasteiger partial charge >= 0.3 is 0 Å². The second kappa shape index (κ2) is 3.88. The smallest absolute Gasteiger partial charge is 0.258 e. The molecule has 0 unspecified atom stereocenters. The molecule has 8 heteroatoms. The van der Waals surface area contributed by atoms with Gasteiger partial charge in [-0.1, -0.05) is 0 Å². The van der Waals surface area contributed by atoms with E-state index in [1.807, 2.05) is 0 Å². The summed E-state index contributed by atoms with van der Waals surface area (Å²) in [4.78, 5) is 9.53. The summed E-state index contributed by atoms with van der Waals surface area (Å²) in [5.74, 6) is 0. The Morgan fingerprint density at radius 1 is 1.50 bits per heavy atom. The van der Waals surface area contributed by atoms with E-state index in [9.17, 15) is 18.5 Å². The van der Waals surface area contributed by atoms with Crippen molar-refractivity contribution in [1.82, 2.24) is 0 Å². The number of primary sulfonamides is 1. The number of nitriles is 1. The Morgan fingerprint density at radius 2 is 2.06 bits per heavy atom. The number of hydrogen-bond acceptors (Lipinski definition) is 5. The van der Waals surface area contributed by atoms with Gasteiger partial charge in [0.05, 0.1) is 9.82 Å². The zero-order valence-electron chi connectivity index (χ0n) is 8.17. The van der Waals surface area contributed by atoms with Crippen LogP contribution in [0.3, 0.4) is 0 Å². The molecule has 1 aromatic carbocycles. The fourth-order valence-corrected chi connectivity index (χ4v) is 2.01. The Hall–Kier alpha value is -1.98. The topological polar surface area (TPSA) is 127 Å². The summed E-state index contributed by atoms with van der Waals surface area (Å²) in [6.07, 6.45) is 0. The molecule has 0 saturated carbocycles. The highest BCUT2D eigenvalue weighted by atomic mass is 32.2. The van der Waals surface area contributed by atoms with E-state index in [-0.39, 0.29) is 16.0 Å². The summed E-state index contributed by atoms with van der Waals surface area (Å²) in [5, 5.41) is 24.1. The predicted molar refractivity (Wildman–Crippen MR) is 53.9 cm³/mol. The number of sulfonamides is 1. The van der Waals surface area contributed by atoms with Crippen molar-refractivity contribution in [3.05, 3.63) is 33.4 Å². The SMILES string of the molecule is Cc1cc([N+](=O)[O-])c(C#N)cc1S(N)(=O)=O. The van der Waals surface area contributed by atoms with Crippen LogP contribution in [0.4, 0.5) is 5.69 Å². The molecule has 0 amide bonds. The third kappa shape index (κ3) is 2.16. The van der Waals surface area contributed by atoms with Crippen molar-refractivity contribution in [2.45, 2.75) is 11.8 Å². The van der Waals surface area contributed by atoms with Crippen LogP contribution in [-0.2, 0) is 10.0 Å². The van der Waals surface area contributed by atoms with Crippen LogP contribution in [0.1, 0.15) is 11.1 Å². The van der Waals surface area contributed by atoms with Gasteiger partial charge in [-0.3, -0.25) is 10.1 Å². The molecule has 1 rings (SSSR count). The van der Waals surface area contributed by atoms with Crippen LogP contribution in [0.25, 0.3) is 0 Å². The Morgan fingerprint density at radius 3 is 2.44 bits per heavy atom. The summed E-state index contributed by atoms with van der Waals surface area (Å²) in [7, 11) is -3.98. The lowest BCUT2D eigenvalue weighted by Crippen LogP contribution is -2.14. The van der Waals surface area contributed by atoms with Gasteiger partial charge in [0.25, 0.3) is 5.69 Å². The van der Waals surface area contributed by atoms with Crippen molar-refractivity contribution in [1.29, 1.82) is 5.26 Å². The Bertz CT molecular complexity index is 600. The monoisotopic (exact) mass is 241 g/mol. The van der Waals surface area contributed by atoms with Gasteiger partial charge in [0.1, 0.15) is 11.6 Å². The van der Waals surface area contributed by atoms with Crippen molar-refractivity contribution in [3.8, 4) is 6.07 Å². The summed E-state index contributed by atoms with van der Waals surface area (Å²) >= 11 is 0. The molecular weight excluding hydrogens is 234 g/mol. The van der Waals surface area contributed by atoms with E-state index >= 15 is 0 Å². The molecule has 0 bridgehead atoms. The van der Waals surface area contributed by atoms with Gasteiger partial charge in [0.2, 0.25) is 10.0 Å². The average Bonchev–Trinajstić information content (AvgIpc) is 2.15. The minimum Gasteiger partial charge on any atom is -0.258 e. The van der Waals surface area contributed by atoms with E-state index in [0.29, 0.717) is 0 Å². The van der Waals surface area contributed by atoms with E-state index in [1.54, 1.807) is 6.07 Å². The third-order valence-corrected chi connectivity index (χ3v) is 2.97. The van der Waals surface area contributed by atoms with Gasteiger partial charge in [0.15, 0.2) is 0 Å². The molecule has 0 saturated heterocycles. The molecule has 7 nitrogen and oxygen atoms in total. The zero-order valence-corrected chi connectivity index (χ0v) is 8.98. The van der Waals surface area contributed by atoms with E-state index in [1.165, 1.54) is 6.92 Å². The largest absolute Gasteiger partial charge is 0.287 e. The first kappa shape index (κ1) is 12.1. The van der Waals surface area contributed by atoms with Crippen LogP contribution in [0.15, 0.2) is 17.0 Å². The highest BCUT2D eigenvalue weighted by Crippen LogP contribution is 2.24. The maximum atomic E-state index is 11.1. The molecule has 84 valence electrons. The number of rotatable bonds is 2. The van der Waals surface area contributed by atoms with Crippen molar-refractivity contribution in [2.24, 2.45) is 5.14 Å².